The van der Waals surface area contributed by atoms with Crippen LogP contribution >= 0.6 is 0 Å². The molecule has 1 aromatic rings. The highest BCUT2D eigenvalue weighted by Crippen LogP contribution is 2.22. The number of carboxylic acids is 1. The zero-order chi connectivity index (χ0) is 13.5. The molecule has 0 radical (unpaired) electrons. The van der Waals surface area contributed by atoms with E-state index in [4.69, 9.17) is 5.11 Å². The van der Waals surface area contributed by atoms with E-state index in [1.165, 1.54) is 12.1 Å². The third-order valence-corrected chi connectivity index (χ3v) is 2.38. The molecule has 6 nitrogen and oxygen atoms in total. The van der Waals surface area contributed by atoms with Crippen molar-refractivity contribution in [3.8, 4) is 0 Å². The Balaban J connectivity index is 2.96. The van der Waals surface area contributed by atoms with Crippen molar-refractivity contribution in [2.45, 2.75) is 13.0 Å². The highest BCUT2D eigenvalue weighted by atomic mass is 16.6. The van der Waals surface area contributed by atoms with Crippen molar-refractivity contribution in [1.29, 1.82) is 0 Å². The van der Waals surface area contributed by atoms with Crippen LogP contribution in [0.4, 0.5) is 5.69 Å². The lowest BCUT2D eigenvalue weighted by molar-refractivity contribution is -0.385. The minimum absolute atomic E-state index is 0.256. The Bertz CT molecular complexity index is 471. The van der Waals surface area contributed by atoms with Gasteiger partial charge in [-0.3, -0.25) is 10.1 Å². The monoisotopic (exact) mass is 250 g/mol. The molecule has 0 fully saturated rings. The molecule has 0 amide bonds. The van der Waals surface area contributed by atoms with Crippen molar-refractivity contribution in [3.05, 3.63) is 52.1 Å². The zero-order valence-electron chi connectivity index (χ0n) is 9.76. The van der Waals surface area contributed by atoms with Crippen LogP contribution in [0.3, 0.4) is 0 Å². The lowest BCUT2D eigenvalue weighted by atomic mass is 10.1. The molecular weight excluding hydrogens is 236 g/mol. The highest BCUT2D eigenvalue weighted by Gasteiger charge is 2.22. The van der Waals surface area contributed by atoms with E-state index in [2.05, 4.69) is 11.9 Å². The van der Waals surface area contributed by atoms with Gasteiger partial charge in [0.25, 0.3) is 5.69 Å². The average Bonchev–Trinajstić information content (AvgIpc) is 2.33. The van der Waals surface area contributed by atoms with Crippen LogP contribution in [0.1, 0.15) is 22.3 Å². The van der Waals surface area contributed by atoms with E-state index in [9.17, 15) is 14.9 Å². The topological polar surface area (TPSA) is 92.5 Å². The van der Waals surface area contributed by atoms with Crippen LogP contribution < -0.4 is 5.32 Å². The lowest BCUT2D eigenvalue weighted by Crippen LogP contribution is -2.17. The molecule has 0 aliphatic rings. The number of nitro benzene ring substituents is 1. The largest absolute Gasteiger partial charge is 0.477 e. The molecule has 0 bridgehead atoms. The number of hydrogen-bond donors (Lipinski definition) is 2. The maximum absolute atomic E-state index is 11.1. The van der Waals surface area contributed by atoms with Crippen LogP contribution in [0.2, 0.25) is 0 Å². The molecule has 1 rings (SSSR count). The van der Waals surface area contributed by atoms with E-state index in [1.807, 2.05) is 0 Å². The van der Waals surface area contributed by atoms with Crippen LogP contribution in [-0.4, -0.2) is 22.5 Å². The fourth-order valence-electron chi connectivity index (χ4n) is 1.56. The summed E-state index contributed by atoms with van der Waals surface area (Å²) in [6.07, 6.45) is 2.48. The molecule has 0 aromatic heterocycles. The first-order valence-electron chi connectivity index (χ1n) is 5.39. The molecule has 0 atom stereocenters. The molecule has 1 aromatic carbocycles. The number of benzene rings is 1. The van der Waals surface area contributed by atoms with E-state index in [0.717, 1.165) is 6.42 Å². The summed E-state index contributed by atoms with van der Waals surface area (Å²) in [7, 11) is 0. The van der Waals surface area contributed by atoms with Gasteiger partial charge in [0.2, 0.25) is 0 Å². The van der Waals surface area contributed by atoms with Crippen LogP contribution in [0.15, 0.2) is 30.9 Å². The van der Waals surface area contributed by atoms with Crippen molar-refractivity contribution in [1.82, 2.24) is 5.32 Å². The van der Waals surface area contributed by atoms with Crippen molar-refractivity contribution in [3.63, 3.8) is 0 Å². The Morgan fingerprint density at radius 1 is 1.56 bits per heavy atom. The maximum atomic E-state index is 11.1. The third-order valence-electron chi connectivity index (χ3n) is 2.38. The molecule has 0 aliphatic carbocycles. The predicted octanol–water partition coefficient (Wildman–Crippen LogP) is 1.96. The van der Waals surface area contributed by atoms with Gasteiger partial charge in [-0.15, -0.1) is 6.58 Å². The van der Waals surface area contributed by atoms with Gasteiger partial charge in [0.05, 0.1) is 4.92 Å². The Labute approximate surface area is 104 Å². The number of aromatic carboxylic acids is 1. The van der Waals surface area contributed by atoms with Crippen LogP contribution in [0.25, 0.3) is 0 Å². The molecular formula is C12H14N2O4. The Kier molecular flexibility index (Phi) is 5.01. The summed E-state index contributed by atoms with van der Waals surface area (Å²) in [5.41, 5.74) is -0.236. The summed E-state index contributed by atoms with van der Waals surface area (Å²) in [5, 5.41) is 22.8. The molecule has 0 unspecified atom stereocenters. The van der Waals surface area contributed by atoms with Crippen LogP contribution in [0.5, 0.6) is 0 Å². The predicted molar refractivity (Wildman–Crippen MR) is 66.6 cm³/mol. The number of carbonyl (C=O) groups is 1. The summed E-state index contributed by atoms with van der Waals surface area (Å²) in [5.74, 6) is -1.29. The SMILES string of the molecule is C=CCCNCc1cccc([N+](=O)[O-])c1C(=O)O. The normalized spacial score (nSPS) is 10.0. The van der Waals surface area contributed by atoms with Gasteiger partial charge in [0.1, 0.15) is 5.56 Å². The van der Waals surface area contributed by atoms with Crippen molar-refractivity contribution >= 4 is 11.7 Å². The van der Waals surface area contributed by atoms with E-state index >= 15 is 0 Å². The van der Waals surface area contributed by atoms with Gasteiger partial charge < -0.3 is 10.4 Å². The van der Waals surface area contributed by atoms with Gasteiger partial charge in [0, 0.05) is 12.6 Å². The third kappa shape index (κ3) is 3.39. The molecule has 0 saturated heterocycles. The van der Waals surface area contributed by atoms with Gasteiger partial charge in [-0.1, -0.05) is 18.2 Å². The Hall–Kier alpha value is -2.21. The molecule has 0 heterocycles. The summed E-state index contributed by atoms with van der Waals surface area (Å²) >= 11 is 0. The number of carboxylic acid groups (broad SMARTS) is 1. The number of rotatable bonds is 7. The Morgan fingerprint density at radius 3 is 2.83 bits per heavy atom. The van der Waals surface area contributed by atoms with Crippen molar-refractivity contribution in [2.75, 3.05) is 6.54 Å². The lowest BCUT2D eigenvalue weighted by Gasteiger charge is -2.07. The van der Waals surface area contributed by atoms with E-state index in [-0.39, 0.29) is 17.8 Å². The van der Waals surface area contributed by atoms with Gasteiger partial charge in [-0.2, -0.15) is 0 Å². The van der Waals surface area contributed by atoms with E-state index < -0.39 is 10.9 Å². The first-order chi connectivity index (χ1) is 8.57. The Morgan fingerprint density at radius 2 is 2.28 bits per heavy atom. The molecule has 0 aliphatic heterocycles. The summed E-state index contributed by atoms with van der Waals surface area (Å²) < 4.78 is 0. The fraction of sp³-hybridized carbons (Fsp3) is 0.250. The van der Waals surface area contributed by atoms with Crippen molar-refractivity contribution < 1.29 is 14.8 Å². The minimum atomic E-state index is -1.29. The van der Waals surface area contributed by atoms with Gasteiger partial charge in [-0.05, 0) is 18.5 Å². The van der Waals surface area contributed by atoms with Crippen molar-refractivity contribution in [2.24, 2.45) is 0 Å². The summed E-state index contributed by atoms with van der Waals surface area (Å²) in [4.78, 5) is 21.2. The molecule has 18 heavy (non-hydrogen) atoms. The minimum Gasteiger partial charge on any atom is -0.477 e. The van der Waals surface area contributed by atoms with Crippen LogP contribution in [0, 0.1) is 10.1 Å². The first-order valence-corrected chi connectivity index (χ1v) is 5.39. The van der Waals surface area contributed by atoms with Gasteiger partial charge in [0.15, 0.2) is 0 Å². The second kappa shape index (κ2) is 6.51. The highest BCUT2D eigenvalue weighted by molar-refractivity contribution is 5.94. The molecule has 2 N–H and O–H groups in total. The summed E-state index contributed by atoms with van der Waals surface area (Å²) in [6, 6.07) is 4.24. The van der Waals surface area contributed by atoms with E-state index in [1.54, 1.807) is 12.1 Å². The van der Waals surface area contributed by atoms with Crippen LogP contribution in [-0.2, 0) is 6.54 Å². The molecule has 0 spiro atoms. The van der Waals surface area contributed by atoms with Gasteiger partial charge in [-0.25, -0.2) is 4.79 Å². The first kappa shape index (κ1) is 13.9. The van der Waals surface area contributed by atoms with Gasteiger partial charge >= 0.3 is 5.97 Å². The zero-order valence-corrected chi connectivity index (χ0v) is 9.76. The fourth-order valence-corrected chi connectivity index (χ4v) is 1.56. The molecule has 6 heteroatoms. The average molecular weight is 250 g/mol. The second-order valence-electron chi connectivity index (χ2n) is 3.63. The summed E-state index contributed by atoms with van der Waals surface area (Å²) in [6.45, 7) is 4.48. The molecule has 0 saturated carbocycles. The number of hydrogen-bond acceptors (Lipinski definition) is 4. The van der Waals surface area contributed by atoms with E-state index in [0.29, 0.717) is 12.1 Å². The number of nitro groups is 1. The number of nitrogens with one attached hydrogen (secondary N) is 1. The molecule has 96 valence electrons. The second-order valence-corrected chi connectivity index (χ2v) is 3.63. The maximum Gasteiger partial charge on any atom is 0.343 e. The number of nitrogens with zero attached hydrogens (tertiary/aromatic N) is 1. The quantitative estimate of drug-likeness (QED) is 0.334. The standard InChI is InChI=1S/C12H14N2O4/c1-2-3-7-13-8-9-5-4-6-10(14(17)18)11(9)12(15)16/h2,4-6,13H,1,3,7-8H2,(H,15,16). The smallest absolute Gasteiger partial charge is 0.343 e.